The van der Waals surface area contributed by atoms with Crippen molar-refractivity contribution in [3.63, 3.8) is 0 Å². The zero-order valence-electron chi connectivity index (χ0n) is 12.1. The van der Waals surface area contributed by atoms with Gasteiger partial charge in [0, 0.05) is 17.7 Å². The van der Waals surface area contributed by atoms with Crippen LogP contribution in [0.4, 0.5) is 0 Å². The van der Waals surface area contributed by atoms with Gasteiger partial charge in [0.2, 0.25) is 5.91 Å². The van der Waals surface area contributed by atoms with E-state index in [1.165, 1.54) is 38.5 Å². The summed E-state index contributed by atoms with van der Waals surface area (Å²) < 4.78 is 0. The second-order valence-electron chi connectivity index (χ2n) is 6.01. The molecule has 110 valence electrons. The minimum Gasteiger partial charge on any atom is -0.353 e. The number of nitrogens with one attached hydrogen (secondary N) is 2. The van der Waals surface area contributed by atoms with Crippen LogP contribution in [0.1, 0.15) is 51.4 Å². The van der Waals surface area contributed by atoms with Gasteiger partial charge >= 0.3 is 0 Å². The van der Waals surface area contributed by atoms with Crippen LogP contribution >= 0.6 is 11.8 Å². The molecule has 1 heterocycles. The van der Waals surface area contributed by atoms with Crippen molar-refractivity contribution < 1.29 is 4.79 Å². The van der Waals surface area contributed by atoms with Crippen LogP contribution < -0.4 is 10.6 Å². The molecule has 1 aliphatic heterocycles. The van der Waals surface area contributed by atoms with Crippen LogP contribution in [0.5, 0.6) is 0 Å². The van der Waals surface area contributed by atoms with Crippen LogP contribution in [0.3, 0.4) is 0 Å². The summed E-state index contributed by atoms with van der Waals surface area (Å²) >= 11 is 1.98. The number of piperidine rings is 1. The molecule has 2 aliphatic rings. The predicted molar refractivity (Wildman–Crippen MR) is 82.5 cm³/mol. The van der Waals surface area contributed by atoms with Crippen LogP contribution in [-0.4, -0.2) is 36.5 Å². The van der Waals surface area contributed by atoms with Gasteiger partial charge in [0.1, 0.15) is 0 Å². The first-order chi connectivity index (χ1) is 9.28. The molecule has 0 radical (unpaired) electrons. The average Bonchev–Trinajstić information content (AvgIpc) is 2.47. The van der Waals surface area contributed by atoms with Crippen molar-refractivity contribution in [3.05, 3.63) is 0 Å². The molecule has 1 amide bonds. The molecule has 0 spiro atoms. The maximum atomic E-state index is 12.0. The van der Waals surface area contributed by atoms with Crippen molar-refractivity contribution in [2.24, 2.45) is 5.92 Å². The quantitative estimate of drug-likeness (QED) is 0.815. The fourth-order valence-electron chi connectivity index (χ4n) is 3.25. The molecule has 2 rings (SSSR count). The number of thioether (sulfide) groups is 1. The fraction of sp³-hybridized carbons (Fsp3) is 0.933. The Morgan fingerprint density at radius 2 is 1.84 bits per heavy atom. The van der Waals surface area contributed by atoms with E-state index >= 15 is 0 Å². The Morgan fingerprint density at radius 3 is 2.47 bits per heavy atom. The largest absolute Gasteiger partial charge is 0.353 e. The van der Waals surface area contributed by atoms with Gasteiger partial charge in [-0.3, -0.25) is 4.79 Å². The van der Waals surface area contributed by atoms with Crippen LogP contribution in [0, 0.1) is 5.92 Å². The van der Waals surface area contributed by atoms with Gasteiger partial charge in [-0.1, -0.05) is 0 Å². The second-order valence-corrected chi connectivity index (χ2v) is 7.15. The van der Waals surface area contributed by atoms with Crippen LogP contribution in [0.25, 0.3) is 0 Å². The summed E-state index contributed by atoms with van der Waals surface area (Å²) in [6.45, 7) is 2.26. The lowest BCUT2D eigenvalue weighted by atomic mass is 9.92. The molecule has 0 atom stereocenters. The number of carbonyl (C=O) groups excluding carboxylic acids is 1. The molecular formula is C15H28N2OS. The minimum atomic E-state index is 0.283. The maximum Gasteiger partial charge on any atom is 0.220 e. The smallest absolute Gasteiger partial charge is 0.220 e. The van der Waals surface area contributed by atoms with Gasteiger partial charge in [-0.2, -0.15) is 11.8 Å². The molecule has 0 aromatic carbocycles. The van der Waals surface area contributed by atoms with Crippen molar-refractivity contribution >= 4 is 17.7 Å². The van der Waals surface area contributed by atoms with E-state index in [2.05, 4.69) is 16.9 Å². The predicted octanol–water partition coefficient (Wildman–Crippen LogP) is 2.56. The Labute approximate surface area is 121 Å². The van der Waals surface area contributed by atoms with Crippen molar-refractivity contribution in [2.75, 3.05) is 19.3 Å². The normalized spacial score (nSPS) is 29.1. The van der Waals surface area contributed by atoms with E-state index in [1.54, 1.807) is 0 Å². The highest BCUT2D eigenvalue weighted by Gasteiger charge is 2.22. The Hall–Kier alpha value is -0.220. The van der Waals surface area contributed by atoms with Gasteiger partial charge in [-0.05, 0) is 70.2 Å². The second kappa shape index (κ2) is 8.15. The lowest BCUT2D eigenvalue weighted by molar-refractivity contribution is -0.122. The van der Waals surface area contributed by atoms with Crippen molar-refractivity contribution in [3.8, 4) is 0 Å². The van der Waals surface area contributed by atoms with Crippen LogP contribution in [0.2, 0.25) is 0 Å². The molecule has 0 bridgehead atoms. The van der Waals surface area contributed by atoms with E-state index in [1.807, 2.05) is 11.8 Å². The van der Waals surface area contributed by atoms with E-state index in [0.29, 0.717) is 6.04 Å². The van der Waals surface area contributed by atoms with E-state index in [4.69, 9.17) is 0 Å². The summed E-state index contributed by atoms with van der Waals surface area (Å²) in [4.78, 5) is 12.0. The zero-order valence-corrected chi connectivity index (χ0v) is 12.9. The highest BCUT2D eigenvalue weighted by atomic mass is 32.2. The molecule has 0 aromatic rings. The van der Waals surface area contributed by atoms with Crippen LogP contribution in [-0.2, 0) is 4.79 Å². The Balaban J connectivity index is 1.59. The summed E-state index contributed by atoms with van der Waals surface area (Å²) in [7, 11) is 0. The Morgan fingerprint density at radius 1 is 1.16 bits per heavy atom. The summed E-state index contributed by atoms with van der Waals surface area (Å²) in [6.07, 6.45) is 11.4. The van der Waals surface area contributed by atoms with Gasteiger partial charge < -0.3 is 10.6 Å². The van der Waals surface area contributed by atoms with Gasteiger partial charge in [0.05, 0.1) is 0 Å². The lowest BCUT2D eigenvalue weighted by Gasteiger charge is -2.28. The van der Waals surface area contributed by atoms with E-state index < -0.39 is 0 Å². The number of rotatable bonds is 5. The summed E-state index contributed by atoms with van der Waals surface area (Å²) in [6, 6.07) is 0.448. The number of carbonyl (C=O) groups is 1. The summed E-state index contributed by atoms with van der Waals surface area (Å²) in [5, 5.41) is 7.44. The molecule has 2 fully saturated rings. The number of amides is 1. The first-order valence-electron chi connectivity index (χ1n) is 7.81. The van der Waals surface area contributed by atoms with Gasteiger partial charge in [-0.25, -0.2) is 0 Å². The zero-order chi connectivity index (χ0) is 13.5. The van der Waals surface area contributed by atoms with Crippen LogP contribution in [0.15, 0.2) is 0 Å². The highest BCUT2D eigenvalue weighted by Crippen LogP contribution is 2.27. The van der Waals surface area contributed by atoms with Crippen molar-refractivity contribution in [1.82, 2.24) is 10.6 Å². The molecule has 1 aliphatic carbocycles. The topological polar surface area (TPSA) is 41.1 Å². The maximum absolute atomic E-state index is 12.0. The van der Waals surface area contributed by atoms with E-state index in [0.717, 1.165) is 37.1 Å². The third kappa shape index (κ3) is 5.35. The molecule has 1 saturated carbocycles. The molecule has 1 saturated heterocycles. The summed E-state index contributed by atoms with van der Waals surface area (Å²) in [5.74, 6) is 1.05. The lowest BCUT2D eigenvalue weighted by Crippen LogP contribution is -2.38. The molecule has 3 nitrogen and oxygen atoms in total. The SMILES string of the molecule is CSC1CCC(NC(=O)CCC2CCNCC2)CC1. The number of hydrogen-bond acceptors (Lipinski definition) is 3. The minimum absolute atomic E-state index is 0.283. The highest BCUT2D eigenvalue weighted by molar-refractivity contribution is 7.99. The number of hydrogen-bond donors (Lipinski definition) is 2. The first kappa shape index (κ1) is 15.2. The molecule has 19 heavy (non-hydrogen) atoms. The summed E-state index contributed by atoms with van der Waals surface area (Å²) in [5.41, 5.74) is 0. The molecular weight excluding hydrogens is 256 g/mol. The molecule has 4 heteroatoms. The van der Waals surface area contributed by atoms with Crippen molar-refractivity contribution in [1.29, 1.82) is 0 Å². The third-order valence-electron chi connectivity index (χ3n) is 4.61. The van der Waals surface area contributed by atoms with Gasteiger partial charge in [0.25, 0.3) is 0 Å². The van der Waals surface area contributed by atoms with E-state index in [9.17, 15) is 4.79 Å². The monoisotopic (exact) mass is 284 g/mol. The molecule has 0 aromatic heterocycles. The fourth-order valence-corrected chi connectivity index (χ4v) is 3.99. The molecule has 0 unspecified atom stereocenters. The van der Waals surface area contributed by atoms with E-state index in [-0.39, 0.29) is 5.91 Å². The third-order valence-corrected chi connectivity index (χ3v) is 5.75. The van der Waals surface area contributed by atoms with Crippen molar-refractivity contribution in [2.45, 2.75) is 62.7 Å². The standard InChI is InChI=1S/C15H28N2OS/c1-19-14-5-3-13(4-6-14)17-15(18)7-2-12-8-10-16-11-9-12/h12-14,16H,2-11H2,1H3,(H,17,18). The molecule has 2 N–H and O–H groups in total. The van der Waals surface area contributed by atoms with Gasteiger partial charge in [0.15, 0.2) is 0 Å². The average molecular weight is 284 g/mol. The first-order valence-corrected chi connectivity index (χ1v) is 9.09. The van der Waals surface area contributed by atoms with Gasteiger partial charge in [-0.15, -0.1) is 0 Å². The Kier molecular flexibility index (Phi) is 6.51. The Bertz CT molecular complexity index is 271.